The Morgan fingerprint density at radius 2 is 1.80 bits per heavy atom. The highest BCUT2D eigenvalue weighted by molar-refractivity contribution is 7.94. The molecule has 9 nitrogen and oxygen atoms in total. The Morgan fingerprint density at radius 1 is 1.15 bits per heavy atom. The molecule has 1 aliphatic rings. The Balaban J connectivity index is 2.27. The van der Waals surface area contributed by atoms with Gasteiger partial charge < -0.3 is 24.6 Å². The lowest BCUT2D eigenvalue weighted by atomic mass is 9.81. The number of ether oxygens (including phenoxy) is 3. The second-order valence-electron chi connectivity index (χ2n) is 11.8. The molecule has 0 unspecified atom stereocenters. The number of rotatable bonds is 8. The maximum Gasteiger partial charge on any atom is 0.435 e. The summed E-state index contributed by atoms with van der Waals surface area (Å²) in [6.45, 7) is 11.7. The molecule has 10 heteroatoms. The van der Waals surface area contributed by atoms with Crippen molar-refractivity contribution in [2.45, 2.75) is 88.7 Å². The fourth-order valence-corrected chi connectivity index (χ4v) is 7.33. The van der Waals surface area contributed by atoms with Gasteiger partial charge in [-0.1, -0.05) is 36.4 Å². The molecule has 0 spiro atoms. The van der Waals surface area contributed by atoms with E-state index in [1.165, 1.54) is 21.0 Å². The molecule has 3 rings (SSSR count). The molecule has 0 aromatic heterocycles. The Bertz CT molecular complexity index is 1330. The van der Waals surface area contributed by atoms with Crippen molar-refractivity contribution in [3.05, 3.63) is 65.2 Å². The number of methoxy groups -OCH3 is 1. The number of aliphatic hydroxyl groups excluding tert-OH is 1. The van der Waals surface area contributed by atoms with Gasteiger partial charge in [-0.3, -0.25) is 0 Å². The van der Waals surface area contributed by atoms with Crippen molar-refractivity contribution < 1.29 is 32.5 Å². The van der Waals surface area contributed by atoms with Crippen molar-refractivity contribution in [1.29, 1.82) is 0 Å². The third-order valence-electron chi connectivity index (χ3n) is 7.07. The van der Waals surface area contributed by atoms with Gasteiger partial charge in [0.1, 0.15) is 27.5 Å². The van der Waals surface area contributed by atoms with E-state index in [1.54, 1.807) is 39.8 Å². The quantitative estimate of drug-likeness (QED) is 0.466. The van der Waals surface area contributed by atoms with Gasteiger partial charge in [0, 0.05) is 0 Å². The molecular weight excluding hydrogens is 532 g/mol. The molecule has 2 aromatic carbocycles. The van der Waals surface area contributed by atoms with Crippen LogP contribution in [0, 0.1) is 6.92 Å². The largest absolute Gasteiger partial charge is 0.497 e. The molecule has 1 aliphatic heterocycles. The van der Waals surface area contributed by atoms with Crippen LogP contribution in [0.3, 0.4) is 0 Å². The highest BCUT2D eigenvalue weighted by Crippen LogP contribution is 2.44. The Kier molecular flexibility index (Phi) is 9.38. The highest BCUT2D eigenvalue weighted by atomic mass is 32.2. The Morgan fingerprint density at radius 3 is 2.38 bits per heavy atom. The van der Waals surface area contributed by atoms with Crippen LogP contribution in [-0.2, 0) is 31.5 Å². The fourth-order valence-electron chi connectivity index (χ4n) is 4.93. The molecule has 2 N–H and O–H groups in total. The first kappa shape index (κ1) is 31.6. The van der Waals surface area contributed by atoms with Crippen LogP contribution >= 0.6 is 0 Å². The molecule has 220 valence electrons. The SMILES string of the molecule is COc1ccc(C)c([C@@]2(COCc3ccccc3)N/C(=N\C(=O)OC(C)(C)C)C(C)(C)S(=O)(=O)[C@@H]2C[C@@H](C)O)c1. The number of hydrogen-bond donors (Lipinski definition) is 2. The number of hydrogen-bond acceptors (Lipinski definition) is 7. The average molecular weight is 575 g/mol. The number of amides is 1. The summed E-state index contributed by atoms with van der Waals surface area (Å²) < 4.78 is 44.5. The van der Waals surface area contributed by atoms with Crippen LogP contribution in [0.15, 0.2) is 53.5 Å². The van der Waals surface area contributed by atoms with E-state index in [0.29, 0.717) is 11.3 Å². The van der Waals surface area contributed by atoms with E-state index in [4.69, 9.17) is 14.2 Å². The van der Waals surface area contributed by atoms with Crippen LogP contribution in [0.4, 0.5) is 4.79 Å². The molecule has 0 aliphatic carbocycles. The number of aliphatic imine (C=N–C) groups is 1. The van der Waals surface area contributed by atoms with E-state index in [-0.39, 0.29) is 25.5 Å². The van der Waals surface area contributed by atoms with Crippen molar-refractivity contribution in [3.8, 4) is 5.75 Å². The Hall–Kier alpha value is -2.95. The zero-order valence-electron chi connectivity index (χ0n) is 24.6. The summed E-state index contributed by atoms with van der Waals surface area (Å²) in [6, 6.07) is 14.9. The van der Waals surface area contributed by atoms with Gasteiger partial charge in [0.2, 0.25) is 0 Å². The number of benzene rings is 2. The summed E-state index contributed by atoms with van der Waals surface area (Å²) in [5.74, 6) is 0.461. The normalized spacial score (nSPS) is 23.7. The number of aryl methyl sites for hydroxylation is 1. The van der Waals surface area contributed by atoms with Gasteiger partial charge in [0.15, 0.2) is 9.84 Å². The van der Waals surface area contributed by atoms with Gasteiger partial charge >= 0.3 is 6.09 Å². The fraction of sp³-hybridized carbons (Fsp3) is 0.533. The number of carbonyl (C=O) groups excluding carboxylic acids is 1. The second-order valence-corrected chi connectivity index (χ2v) is 14.5. The van der Waals surface area contributed by atoms with Gasteiger partial charge in [0.25, 0.3) is 0 Å². The minimum atomic E-state index is -4.10. The zero-order valence-corrected chi connectivity index (χ0v) is 25.5. The van der Waals surface area contributed by atoms with Gasteiger partial charge in [-0.05, 0) is 83.7 Å². The first-order chi connectivity index (χ1) is 18.5. The van der Waals surface area contributed by atoms with Crippen molar-refractivity contribution in [1.82, 2.24) is 5.32 Å². The van der Waals surface area contributed by atoms with Crippen LogP contribution in [0.2, 0.25) is 0 Å². The monoisotopic (exact) mass is 574 g/mol. The van der Waals surface area contributed by atoms with Gasteiger partial charge in [-0.15, -0.1) is 0 Å². The first-order valence-electron chi connectivity index (χ1n) is 13.3. The second kappa shape index (κ2) is 11.9. The third-order valence-corrected chi connectivity index (χ3v) is 10.0. The summed E-state index contributed by atoms with van der Waals surface area (Å²) in [5.41, 5.74) is 0.0287. The molecule has 1 amide bonds. The van der Waals surface area contributed by atoms with Crippen LogP contribution in [0.5, 0.6) is 5.75 Å². The van der Waals surface area contributed by atoms with E-state index in [1.807, 2.05) is 43.3 Å². The van der Waals surface area contributed by atoms with Crippen molar-refractivity contribution >= 4 is 21.8 Å². The topological polar surface area (TPSA) is 124 Å². The minimum Gasteiger partial charge on any atom is -0.497 e. The molecule has 1 saturated heterocycles. The standard InChI is InChI=1S/C30H42N2O7S/c1-20-14-15-23(37-8)17-24(20)30(19-38-18-22-12-10-9-11-13-22)25(16-21(2)33)40(35,36)29(6,7)26(32-30)31-27(34)39-28(3,4)5/h9-15,17,21,25,33H,16,18-19H2,1-8H3,(H,31,32,34)/t21-,25-,30-/m1/s1. The van der Waals surface area contributed by atoms with E-state index in [9.17, 15) is 18.3 Å². The average Bonchev–Trinajstić information content (AvgIpc) is 2.85. The summed E-state index contributed by atoms with van der Waals surface area (Å²) in [7, 11) is -2.57. The van der Waals surface area contributed by atoms with E-state index < -0.39 is 43.2 Å². The number of carbonyl (C=O) groups is 1. The predicted octanol–water partition coefficient (Wildman–Crippen LogP) is 4.69. The third kappa shape index (κ3) is 6.67. The minimum absolute atomic E-state index is 0.0610. The summed E-state index contributed by atoms with van der Waals surface area (Å²) >= 11 is 0. The Labute approximate surface area is 237 Å². The molecule has 3 atom stereocenters. The van der Waals surface area contributed by atoms with E-state index >= 15 is 0 Å². The molecule has 2 aromatic rings. The summed E-state index contributed by atoms with van der Waals surface area (Å²) in [5, 5.41) is 12.8. The van der Waals surface area contributed by atoms with Crippen molar-refractivity contribution in [2.24, 2.45) is 4.99 Å². The van der Waals surface area contributed by atoms with Crippen LogP contribution in [-0.4, -0.2) is 60.9 Å². The van der Waals surface area contributed by atoms with Crippen LogP contribution in [0.25, 0.3) is 0 Å². The van der Waals surface area contributed by atoms with Gasteiger partial charge in [-0.25, -0.2) is 13.2 Å². The maximum absolute atomic E-state index is 14.5. The summed E-state index contributed by atoms with van der Waals surface area (Å²) in [4.78, 5) is 17.0. The molecule has 0 saturated carbocycles. The summed E-state index contributed by atoms with van der Waals surface area (Å²) in [6.07, 6.45) is -1.93. The number of sulfone groups is 1. The zero-order chi connectivity index (χ0) is 29.9. The molecule has 1 fully saturated rings. The number of nitrogens with one attached hydrogen (secondary N) is 1. The van der Waals surface area contributed by atoms with Gasteiger partial charge in [-0.2, -0.15) is 4.99 Å². The van der Waals surface area contributed by atoms with Crippen LogP contribution in [0.1, 0.15) is 64.7 Å². The number of aliphatic hydroxyl groups is 1. The predicted molar refractivity (Wildman–Crippen MR) is 155 cm³/mol. The lowest BCUT2D eigenvalue weighted by Gasteiger charge is -2.51. The molecular formula is C30H42N2O7S. The smallest absolute Gasteiger partial charge is 0.435 e. The molecule has 1 heterocycles. The maximum atomic E-state index is 14.5. The molecule has 40 heavy (non-hydrogen) atoms. The molecule has 0 bridgehead atoms. The lowest BCUT2D eigenvalue weighted by molar-refractivity contribution is 0.0500. The number of nitrogens with zero attached hydrogens (tertiary/aromatic N) is 1. The van der Waals surface area contributed by atoms with E-state index in [2.05, 4.69) is 10.3 Å². The van der Waals surface area contributed by atoms with Crippen LogP contribution < -0.4 is 10.1 Å². The van der Waals surface area contributed by atoms with Crippen molar-refractivity contribution in [3.63, 3.8) is 0 Å². The first-order valence-corrected chi connectivity index (χ1v) is 14.9. The van der Waals surface area contributed by atoms with Gasteiger partial charge in [0.05, 0.1) is 31.7 Å². The van der Waals surface area contributed by atoms with Crippen molar-refractivity contribution in [2.75, 3.05) is 13.7 Å². The molecule has 0 radical (unpaired) electrons. The number of amidine groups is 1. The van der Waals surface area contributed by atoms with E-state index in [0.717, 1.165) is 11.1 Å². The highest BCUT2D eigenvalue weighted by Gasteiger charge is 2.61. The lowest BCUT2D eigenvalue weighted by Crippen LogP contribution is -2.72.